The third-order valence-corrected chi connectivity index (χ3v) is 11.1. The van der Waals surface area contributed by atoms with Crippen molar-refractivity contribution in [3.05, 3.63) is 193 Å². The molecule has 0 unspecified atom stereocenters. The molecule has 3 heterocycles. The van der Waals surface area contributed by atoms with Gasteiger partial charge in [0, 0.05) is 49.2 Å². The van der Waals surface area contributed by atoms with E-state index < -0.39 is 0 Å². The van der Waals surface area contributed by atoms with Crippen LogP contribution >= 0.6 is 0 Å². The fourth-order valence-corrected chi connectivity index (χ4v) is 8.73. The minimum atomic E-state index is 0.585. The van der Waals surface area contributed by atoms with Crippen LogP contribution in [0.2, 0.25) is 0 Å². The highest BCUT2D eigenvalue weighted by molar-refractivity contribution is 6.14. The van der Waals surface area contributed by atoms with Crippen molar-refractivity contribution in [3.63, 3.8) is 0 Å². The fraction of sp³-hybridized carbons (Fsp3) is 0. The van der Waals surface area contributed by atoms with Crippen LogP contribution in [-0.2, 0) is 0 Å². The Morgan fingerprint density at radius 3 is 1.35 bits per heavy atom. The van der Waals surface area contributed by atoms with Gasteiger partial charge in [-0.05, 0) is 77.9 Å². The van der Waals surface area contributed by atoms with Crippen molar-refractivity contribution in [2.24, 2.45) is 0 Å². The maximum atomic E-state index is 10.4. The molecule has 0 aliphatic heterocycles. The van der Waals surface area contributed by atoms with Crippen LogP contribution in [0, 0.1) is 17.9 Å². The van der Waals surface area contributed by atoms with Gasteiger partial charge in [-0.2, -0.15) is 5.26 Å². The molecular formula is C50H29N5. The molecule has 8 aromatic carbocycles. The Balaban J connectivity index is 1.05. The molecule has 5 nitrogen and oxygen atoms in total. The van der Waals surface area contributed by atoms with Crippen LogP contribution in [0.3, 0.4) is 0 Å². The van der Waals surface area contributed by atoms with Gasteiger partial charge in [-0.3, -0.25) is 0 Å². The Kier molecular flexibility index (Phi) is 6.61. The summed E-state index contributed by atoms with van der Waals surface area (Å²) in [6.45, 7) is 8.36. The third kappa shape index (κ3) is 4.45. The van der Waals surface area contributed by atoms with E-state index >= 15 is 0 Å². The Bertz CT molecular complexity index is 3350. The van der Waals surface area contributed by atoms with Crippen LogP contribution in [0.25, 0.3) is 98.5 Å². The Hall–Kier alpha value is -7.86. The van der Waals surface area contributed by atoms with Gasteiger partial charge in [0.2, 0.25) is 5.69 Å². The summed E-state index contributed by atoms with van der Waals surface area (Å²) in [4.78, 5) is 4.11. The van der Waals surface area contributed by atoms with E-state index in [-0.39, 0.29) is 0 Å². The first-order chi connectivity index (χ1) is 27.2. The molecular weight excluding hydrogens is 671 g/mol. The molecule has 55 heavy (non-hydrogen) atoms. The molecule has 254 valence electrons. The minimum Gasteiger partial charge on any atom is -0.319 e. The zero-order valence-corrected chi connectivity index (χ0v) is 29.5. The summed E-state index contributed by atoms with van der Waals surface area (Å²) in [5.74, 6) is 0. The van der Waals surface area contributed by atoms with Crippen molar-refractivity contribution in [3.8, 4) is 34.3 Å². The molecule has 0 spiro atoms. The third-order valence-electron chi connectivity index (χ3n) is 11.1. The number of fused-ring (bicyclic) bond motifs is 9. The number of benzene rings is 8. The van der Waals surface area contributed by atoms with Crippen LogP contribution in [-0.4, -0.2) is 13.7 Å². The predicted molar refractivity (Wildman–Crippen MR) is 226 cm³/mol. The van der Waals surface area contributed by atoms with E-state index in [4.69, 9.17) is 6.57 Å². The van der Waals surface area contributed by atoms with Crippen molar-refractivity contribution in [2.75, 3.05) is 0 Å². The Labute approximate surface area is 316 Å². The van der Waals surface area contributed by atoms with E-state index in [9.17, 15) is 5.26 Å². The van der Waals surface area contributed by atoms with E-state index in [2.05, 4.69) is 188 Å². The second-order valence-electron chi connectivity index (χ2n) is 14.0. The van der Waals surface area contributed by atoms with Gasteiger partial charge in [-0.15, -0.1) is 0 Å². The van der Waals surface area contributed by atoms with E-state index in [0.717, 1.165) is 82.8 Å². The number of hydrogen-bond donors (Lipinski definition) is 0. The molecule has 0 amide bonds. The molecule has 11 rings (SSSR count). The van der Waals surface area contributed by atoms with E-state index in [0.29, 0.717) is 11.3 Å². The number of aromatic nitrogens is 3. The van der Waals surface area contributed by atoms with Gasteiger partial charge in [0.25, 0.3) is 0 Å². The summed E-state index contributed by atoms with van der Waals surface area (Å²) in [5.41, 5.74) is 12.3. The van der Waals surface area contributed by atoms with Crippen LogP contribution < -0.4 is 0 Å². The average Bonchev–Trinajstić information content (AvgIpc) is 3.88. The second-order valence-corrected chi connectivity index (χ2v) is 14.0. The van der Waals surface area contributed by atoms with Crippen LogP contribution in [0.4, 0.5) is 5.69 Å². The molecule has 0 saturated heterocycles. The van der Waals surface area contributed by atoms with E-state index in [1.54, 1.807) is 0 Å². The van der Waals surface area contributed by atoms with Gasteiger partial charge in [-0.25, -0.2) is 4.85 Å². The Morgan fingerprint density at radius 1 is 0.418 bits per heavy atom. The first-order valence-electron chi connectivity index (χ1n) is 18.3. The topological polar surface area (TPSA) is 42.9 Å². The van der Waals surface area contributed by atoms with Crippen LogP contribution in [0.5, 0.6) is 0 Å². The lowest BCUT2D eigenvalue weighted by molar-refractivity contribution is 1.17. The van der Waals surface area contributed by atoms with Crippen LogP contribution in [0.15, 0.2) is 176 Å². The van der Waals surface area contributed by atoms with Crippen molar-refractivity contribution in [1.82, 2.24) is 13.7 Å². The van der Waals surface area contributed by atoms with Crippen molar-refractivity contribution in [2.45, 2.75) is 0 Å². The molecule has 5 heteroatoms. The summed E-state index contributed by atoms with van der Waals surface area (Å²) in [6.07, 6.45) is 0. The summed E-state index contributed by atoms with van der Waals surface area (Å²) in [6, 6.07) is 63.4. The smallest absolute Gasteiger partial charge is 0.212 e. The van der Waals surface area contributed by atoms with Gasteiger partial charge in [-0.1, -0.05) is 109 Å². The van der Waals surface area contributed by atoms with Gasteiger partial charge in [0.15, 0.2) is 0 Å². The average molecular weight is 700 g/mol. The molecule has 0 atom stereocenters. The lowest BCUT2D eigenvalue weighted by Gasteiger charge is -2.14. The lowest BCUT2D eigenvalue weighted by atomic mass is 9.99. The first kappa shape index (κ1) is 30.7. The van der Waals surface area contributed by atoms with Crippen molar-refractivity contribution < 1.29 is 0 Å². The van der Waals surface area contributed by atoms with Crippen molar-refractivity contribution >= 4 is 71.1 Å². The standard InChI is InChI=1S/C50H29N5/c1-52-43-30-49-42(29-50(43)55-47-20-10-4-14-39(47)40-15-5-11-21-48(40)55)41-16-6-9-19-46(41)53(49)34-24-22-32(23-25-34)36-27-26-35(28-33(36)31-51)54-44-17-7-2-12-37(44)38-13-3-8-18-45(38)54/h2-30H. The summed E-state index contributed by atoms with van der Waals surface area (Å²) in [5, 5.41) is 17.3. The first-order valence-corrected chi connectivity index (χ1v) is 18.3. The summed E-state index contributed by atoms with van der Waals surface area (Å²) < 4.78 is 6.72. The van der Waals surface area contributed by atoms with Gasteiger partial charge in [0.1, 0.15) is 0 Å². The minimum absolute atomic E-state index is 0.585. The monoisotopic (exact) mass is 699 g/mol. The maximum absolute atomic E-state index is 10.4. The molecule has 0 aliphatic carbocycles. The maximum Gasteiger partial charge on any atom is 0.212 e. The fourth-order valence-electron chi connectivity index (χ4n) is 8.73. The zero-order valence-electron chi connectivity index (χ0n) is 29.5. The summed E-state index contributed by atoms with van der Waals surface area (Å²) >= 11 is 0. The Morgan fingerprint density at radius 2 is 0.855 bits per heavy atom. The lowest BCUT2D eigenvalue weighted by Crippen LogP contribution is -1.97. The molecule has 0 saturated carbocycles. The molecule has 0 radical (unpaired) electrons. The normalized spacial score (nSPS) is 11.6. The van der Waals surface area contributed by atoms with E-state index in [1.165, 1.54) is 10.8 Å². The number of nitriles is 1. The quantitative estimate of drug-likeness (QED) is 0.169. The highest BCUT2D eigenvalue weighted by Crippen LogP contribution is 2.42. The molecule has 0 N–H and O–H groups in total. The van der Waals surface area contributed by atoms with Gasteiger partial charge >= 0.3 is 0 Å². The van der Waals surface area contributed by atoms with E-state index in [1.807, 2.05) is 12.1 Å². The number of hydrogen-bond acceptors (Lipinski definition) is 1. The van der Waals surface area contributed by atoms with Gasteiger partial charge < -0.3 is 13.7 Å². The highest BCUT2D eigenvalue weighted by Gasteiger charge is 2.20. The largest absolute Gasteiger partial charge is 0.319 e. The molecule has 11 aromatic rings. The predicted octanol–water partition coefficient (Wildman–Crippen LogP) is 13.1. The number of para-hydroxylation sites is 5. The zero-order chi connectivity index (χ0) is 36.6. The molecule has 0 fully saturated rings. The SMILES string of the molecule is [C-]#[N+]c1cc2c(cc1-n1c3ccccc3c3ccccc31)c1ccccc1n2-c1ccc(-c2ccc(-n3c4ccccc4c4ccccc43)cc2C#N)cc1. The number of nitrogens with zero attached hydrogens (tertiary/aromatic N) is 5. The molecule has 0 bridgehead atoms. The van der Waals surface area contributed by atoms with Crippen molar-refractivity contribution in [1.29, 1.82) is 5.26 Å². The van der Waals surface area contributed by atoms with Gasteiger partial charge in [0.05, 0.1) is 51.5 Å². The molecule has 3 aromatic heterocycles. The summed E-state index contributed by atoms with van der Waals surface area (Å²) in [7, 11) is 0. The molecule has 0 aliphatic rings. The highest BCUT2D eigenvalue weighted by atomic mass is 15.0. The number of rotatable bonds is 4. The van der Waals surface area contributed by atoms with Crippen LogP contribution in [0.1, 0.15) is 5.56 Å². The second kappa shape index (κ2) is 11.8.